The fourth-order valence-corrected chi connectivity index (χ4v) is 11.0. The van der Waals surface area contributed by atoms with Gasteiger partial charge >= 0.3 is 0 Å². The molecule has 4 heterocycles. The van der Waals surface area contributed by atoms with Gasteiger partial charge in [0, 0.05) is 54.8 Å². The van der Waals surface area contributed by atoms with Crippen LogP contribution in [0.5, 0.6) is 0 Å². The molecule has 9 aromatic carbocycles. The molecule has 4 nitrogen and oxygen atoms in total. The lowest BCUT2D eigenvalue weighted by Gasteiger charge is -2.26. The van der Waals surface area contributed by atoms with Crippen molar-refractivity contribution in [2.45, 2.75) is 19.3 Å². The first-order valence-electron chi connectivity index (χ1n) is 21.2. The summed E-state index contributed by atoms with van der Waals surface area (Å²) in [6.45, 7) is 4.70. The zero-order valence-corrected chi connectivity index (χ0v) is 33.6. The van der Waals surface area contributed by atoms with Crippen molar-refractivity contribution in [3.63, 3.8) is 0 Å². The summed E-state index contributed by atoms with van der Waals surface area (Å²) in [6, 6.07) is 69.3. The summed E-state index contributed by atoms with van der Waals surface area (Å²) in [7, 11) is 0. The molecule has 0 saturated heterocycles. The first-order valence-corrected chi connectivity index (χ1v) is 21.2. The summed E-state index contributed by atoms with van der Waals surface area (Å²) in [5.74, 6) is 0. The van der Waals surface area contributed by atoms with Gasteiger partial charge in [-0.1, -0.05) is 129 Å². The molecular weight excluding hydrogens is 743 g/mol. The van der Waals surface area contributed by atoms with Gasteiger partial charge in [-0.3, -0.25) is 0 Å². The lowest BCUT2D eigenvalue weighted by atomic mass is 9.81. The maximum atomic E-state index is 6.33. The van der Waals surface area contributed by atoms with Crippen molar-refractivity contribution < 1.29 is 4.42 Å². The smallest absolute Gasteiger partial charge is 0.135 e. The van der Waals surface area contributed by atoms with Crippen LogP contribution in [-0.4, -0.2) is 8.80 Å². The Morgan fingerprint density at radius 3 is 1.72 bits per heavy atom. The van der Waals surface area contributed by atoms with Crippen molar-refractivity contribution in [1.29, 1.82) is 0 Å². The van der Waals surface area contributed by atoms with Crippen molar-refractivity contribution in [2.24, 2.45) is 0 Å². The van der Waals surface area contributed by atoms with Crippen molar-refractivity contribution >= 4 is 93.6 Å². The Morgan fingerprint density at radius 1 is 0.377 bits per heavy atom. The largest absolute Gasteiger partial charge is 0.456 e. The molecule has 0 amide bonds. The number of fused-ring (bicyclic) bond motifs is 15. The van der Waals surface area contributed by atoms with Gasteiger partial charge in [0.05, 0.1) is 33.1 Å². The van der Waals surface area contributed by atoms with Crippen LogP contribution in [0.2, 0.25) is 0 Å². The normalized spacial score (nSPS) is 13.5. The highest BCUT2D eigenvalue weighted by Gasteiger charge is 2.35. The van der Waals surface area contributed by atoms with Gasteiger partial charge in [-0.05, 0) is 106 Å². The number of hydrogen-bond acceptors (Lipinski definition) is 2. The van der Waals surface area contributed by atoms with Crippen LogP contribution in [0.3, 0.4) is 0 Å². The molecule has 0 radical (unpaired) electrons. The molecular formula is C57H37N3O. The van der Waals surface area contributed by atoms with Gasteiger partial charge in [0.1, 0.15) is 11.2 Å². The number of para-hydroxylation sites is 3. The quantitative estimate of drug-likeness (QED) is 0.166. The van der Waals surface area contributed by atoms with Gasteiger partial charge in [-0.25, -0.2) is 0 Å². The molecule has 0 fully saturated rings. The number of furan rings is 1. The van der Waals surface area contributed by atoms with E-state index in [4.69, 9.17) is 4.42 Å². The molecule has 0 saturated carbocycles. The monoisotopic (exact) mass is 779 g/mol. The fraction of sp³-hybridized carbons (Fsp3) is 0.0526. The van der Waals surface area contributed by atoms with Gasteiger partial charge in [0.2, 0.25) is 0 Å². The molecule has 4 aromatic heterocycles. The van der Waals surface area contributed by atoms with Gasteiger partial charge in [0.25, 0.3) is 0 Å². The lowest BCUT2D eigenvalue weighted by molar-refractivity contribution is 0.660. The molecule has 0 bridgehead atoms. The zero-order valence-electron chi connectivity index (χ0n) is 33.6. The minimum atomic E-state index is -0.0587. The van der Waals surface area contributed by atoms with E-state index in [1.807, 2.05) is 6.07 Å². The zero-order chi connectivity index (χ0) is 40.1. The first kappa shape index (κ1) is 33.1. The molecule has 4 heteroatoms. The van der Waals surface area contributed by atoms with Crippen molar-refractivity contribution in [3.05, 3.63) is 199 Å². The predicted molar refractivity (Wildman–Crippen MR) is 255 cm³/mol. The third-order valence-electron chi connectivity index (χ3n) is 13.8. The van der Waals surface area contributed by atoms with Crippen molar-refractivity contribution in [2.75, 3.05) is 4.90 Å². The molecule has 14 rings (SSSR count). The average molecular weight is 780 g/mol. The van der Waals surface area contributed by atoms with E-state index in [9.17, 15) is 0 Å². The summed E-state index contributed by atoms with van der Waals surface area (Å²) in [6.07, 6.45) is 0. The molecule has 61 heavy (non-hydrogen) atoms. The number of anilines is 3. The molecule has 286 valence electrons. The van der Waals surface area contributed by atoms with E-state index in [-0.39, 0.29) is 5.41 Å². The van der Waals surface area contributed by atoms with E-state index in [1.165, 1.54) is 82.5 Å². The Balaban J connectivity index is 1.00. The molecule has 0 unspecified atom stereocenters. The van der Waals surface area contributed by atoms with E-state index in [2.05, 4.69) is 210 Å². The molecule has 0 aliphatic heterocycles. The number of rotatable bonds is 4. The topological polar surface area (TPSA) is 25.2 Å². The third kappa shape index (κ3) is 4.33. The first-order chi connectivity index (χ1) is 30.0. The maximum Gasteiger partial charge on any atom is 0.135 e. The van der Waals surface area contributed by atoms with Gasteiger partial charge in [0.15, 0.2) is 0 Å². The summed E-state index contributed by atoms with van der Waals surface area (Å²) in [4.78, 5) is 2.40. The fourth-order valence-electron chi connectivity index (χ4n) is 11.0. The van der Waals surface area contributed by atoms with Crippen LogP contribution in [-0.2, 0) is 5.41 Å². The standard InChI is InChI=1S/C57H37N3O/c1-57(2)47-15-7-3-11-39(47)40-26-21-35(31-48(40)57)34-19-22-36(23-20-34)58(37-25-30-54-46(32-37)43-14-6-10-18-53(43)61-54)38-24-29-51-52(33-38)60-50-17-9-5-13-42(50)45-28-27-44-41-12-4-8-16-49(41)59(51)55(44)56(45)60/h3-33H,1-2H3. The summed E-state index contributed by atoms with van der Waals surface area (Å²) in [5, 5.41) is 7.29. The summed E-state index contributed by atoms with van der Waals surface area (Å²) in [5.41, 5.74) is 20.1. The van der Waals surface area contributed by atoms with Gasteiger partial charge in [-0.15, -0.1) is 0 Å². The van der Waals surface area contributed by atoms with E-state index >= 15 is 0 Å². The third-order valence-corrected chi connectivity index (χ3v) is 13.8. The van der Waals surface area contributed by atoms with Crippen LogP contribution < -0.4 is 4.90 Å². The Bertz CT molecular complexity index is 3970. The number of benzene rings is 9. The second kappa shape index (κ2) is 11.7. The highest BCUT2D eigenvalue weighted by atomic mass is 16.3. The molecule has 1 aliphatic rings. The van der Waals surface area contributed by atoms with Crippen LogP contribution in [0.4, 0.5) is 17.1 Å². The second-order valence-corrected chi connectivity index (χ2v) is 17.3. The highest BCUT2D eigenvalue weighted by Crippen LogP contribution is 2.50. The Labute approximate surface area is 351 Å². The molecule has 1 aliphatic carbocycles. The minimum absolute atomic E-state index is 0.0587. The van der Waals surface area contributed by atoms with Crippen LogP contribution in [0.1, 0.15) is 25.0 Å². The second-order valence-electron chi connectivity index (χ2n) is 17.3. The average Bonchev–Trinajstić information content (AvgIpc) is 4.02. The number of aromatic nitrogens is 2. The van der Waals surface area contributed by atoms with Crippen molar-refractivity contribution in [1.82, 2.24) is 8.80 Å². The van der Waals surface area contributed by atoms with Crippen LogP contribution >= 0.6 is 0 Å². The Kier molecular flexibility index (Phi) is 6.33. The predicted octanol–water partition coefficient (Wildman–Crippen LogP) is 15.6. The van der Waals surface area contributed by atoms with E-state index in [0.717, 1.165) is 44.5 Å². The molecule has 0 atom stereocenters. The van der Waals surface area contributed by atoms with Gasteiger partial charge in [-0.2, -0.15) is 0 Å². The highest BCUT2D eigenvalue weighted by molar-refractivity contribution is 6.25. The molecule has 0 spiro atoms. The van der Waals surface area contributed by atoms with E-state index < -0.39 is 0 Å². The lowest BCUT2D eigenvalue weighted by Crippen LogP contribution is -2.14. The van der Waals surface area contributed by atoms with E-state index in [1.54, 1.807) is 0 Å². The number of nitrogens with zero attached hydrogens (tertiary/aromatic N) is 3. The molecule has 13 aromatic rings. The summed E-state index contributed by atoms with van der Waals surface area (Å²) >= 11 is 0. The van der Waals surface area contributed by atoms with Crippen LogP contribution in [0.25, 0.3) is 98.8 Å². The van der Waals surface area contributed by atoms with Crippen molar-refractivity contribution in [3.8, 4) is 22.3 Å². The van der Waals surface area contributed by atoms with Crippen LogP contribution in [0, 0.1) is 0 Å². The summed E-state index contributed by atoms with van der Waals surface area (Å²) < 4.78 is 11.3. The van der Waals surface area contributed by atoms with Gasteiger partial charge < -0.3 is 18.1 Å². The SMILES string of the molecule is CC1(C)c2ccccc2-c2ccc(-c3ccc(N(c4ccc5oc6ccccc6c5c4)c4ccc5c(c4)n4c6ccccc6c6ccc7c8ccccc8n5c7c64)cc3)cc21. The molecule has 0 N–H and O–H groups in total. The minimum Gasteiger partial charge on any atom is -0.456 e. The number of hydrogen-bond donors (Lipinski definition) is 0. The maximum absolute atomic E-state index is 6.33. The Morgan fingerprint density at radius 2 is 0.951 bits per heavy atom. The Hall–Kier alpha value is -7.82. The van der Waals surface area contributed by atoms with Crippen LogP contribution in [0.15, 0.2) is 192 Å². The van der Waals surface area contributed by atoms with E-state index in [0.29, 0.717) is 0 Å².